The van der Waals surface area contributed by atoms with Crippen LogP contribution in [0.1, 0.15) is 95.6 Å². The predicted octanol–water partition coefficient (Wildman–Crippen LogP) is 8.41. The molecule has 1 nitrogen and oxygen atoms in total. The maximum Gasteiger partial charge on any atom is 0.0702 e. The molecule has 1 aliphatic rings. The maximum atomic E-state index is 4.76. The minimum Gasteiger partial charge on any atom is -0.256 e. The first kappa shape index (κ1) is 22.1. The second-order valence-electron chi connectivity index (χ2n) is 9.27. The first-order chi connectivity index (χ1) is 14.3. The summed E-state index contributed by atoms with van der Waals surface area (Å²) in [6.45, 7) is 4.58. The molecule has 0 saturated heterocycles. The first-order valence-corrected chi connectivity index (χ1v) is 12.3. The highest BCUT2D eigenvalue weighted by Crippen LogP contribution is 2.34. The van der Waals surface area contributed by atoms with Crippen LogP contribution in [0.25, 0.3) is 11.3 Å². The largest absolute Gasteiger partial charge is 0.256 e. The van der Waals surface area contributed by atoms with Crippen molar-refractivity contribution >= 4 is 0 Å². The topological polar surface area (TPSA) is 12.9 Å². The van der Waals surface area contributed by atoms with Gasteiger partial charge in [-0.05, 0) is 54.7 Å². The van der Waals surface area contributed by atoms with Crippen LogP contribution in [0.2, 0.25) is 0 Å². The molecule has 2 aromatic rings. The Bertz CT molecular complexity index is 677. The normalized spacial score (nSPS) is 19.4. The van der Waals surface area contributed by atoms with Crippen molar-refractivity contribution in [3.05, 3.63) is 53.7 Å². The highest BCUT2D eigenvalue weighted by molar-refractivity contribution is 5.59. The molecule has 3 rings (SSSR count). The van der Waals surface area contributed by atoms with Crippen LogP contribution in [-0.4, -0.2) is 4.98 Å². The molecule has 1 fully saturated rings. The van der Waals surface area contributed by atoms with Crippen LogP contribution in [0.3, 0.4) is 0 Å². The van der Waals surface area contributed by atoms with Crippen molar-refractivity contribution in [2.24, 2.45) is 11.8 Å². The molecule has 1 aromatic carbocycles. The van der Waals surface area contributed by atoms with Crippen LogP contribution >= 0.6 is 0 Å². The molecule has 0 bridgehead atoms. The van der Waals surface area contributed by atoms with Crippen LogP contribution in [0, 0.1) is 11.8 Å². The van der Waals surface area contributed by atoms with E-state index in [2.05, 4.69) is 56.4 Å². The summed E-state index contributed by atoms with van der Waals surface area (Å²) in [5.74, 6) is 1.96. The Balaban J connectivity index is 1.43. The van der Waals surface area contributed by atoms with Gasteiger partial charge >= 0.3 is 0 Å². The van der Waals surface area contributed by atoms with E-state index >= 15 is 0 Å². The van der Waals surface area contributed by atoms with E-state index in [1.165, 1.54) is 100 Å². The maximum absolute atomic E-state index is 4.76. The van der Waals surface area contributed by atoms with Gasteiger partial charge in [0.25, 0.3) is 0 Å². The molecule has 158 valence electrons. The molecule has 1 aromatic heterocycles. The summed E-state index contributed by atoms with van der Waals surface area (Å²) >= 11 is 0. The summed E-state index contributed by atoms with van der Waals surface area (Å²) < 4.78 is 0. The van der Waals surface area contributed by atoms with Crippen molar-refractivity contribution in [2.45, 2.75) is 97.3 Å². The molecule has 1 heterocycles. The monoisotopic (exact) mass is 391 g/mol. The van der Waals surface area contributed by atoms with Crippen molar-refractivity contribution in [1.29, 1.82) is 0 Å². The number of aryl methyl sites for hydroxylation is 2. The number of benzene rings is 1. The van der Waals surface area contributed by atoms with E-state index in [1.807, 2.05) is 0 Å². The Morgan fingerprint density at radius 1 is 0.690 bits per heavy atom. The van der Waals surface area contributed by atoms with Crippen LogP contribution in [0.15, 0.2) is 42.6 Å². The Kier molecular flexibility index (Phi) is 9.25. The van der Waals surface area contributed by atoms with E-state index in [9.17, 15) is 0 Å². The standard InChI is InChI=1S/C28H41N/c1-3-5-7-9-24-16-19-27(20-17-24)28-21-18-26(22-29-28)15-14-25-12-10-23(11-13-25)8-6-4-2/h16-23,25H,3-15H2,1-2H3. The molecule has 29 heavy (non-hydrogen) atoms. The zero-order valence-corrected chi connectivity index (χ0v) is 18.8. The molecule has 1 heteroatoms. The molecular formula is C28H41N. The number of unbranched alkanes of at least 4 members (excludes halogenated alkanes) is 3. The van der Waals surface area contributed by atoms with Gasteiger partial charge in [0.05, 0.1) is 5.69 Å². The fourth-order valence-electron chi connectivity index (χ4n) is 4.84. The molecule has 0 amide bonds. The number of pyridine rings is 1. The Morgan fingerprint density at radius 2 is 1.34 bits per heavy atom. The average Bonchev–Trinajstić information content (AvgIpc) is 2.78. The third kappa shape index (κ3) is 7.28. The van der Waals surface area contributed by atoms with Gasteiger partial charge in [0.1, 0.15) is 0 Å². The van der Waals surface area contributed by atoms with E-state index in [0.29, 0.717) is 0 Å². The van der Waals surface area contributed by atoms with Crippen LogP contribution < -0.4 is 0 Å². The van der Waals surface area contributed by atoms with E-state index in [-0.39, 0.29) is 0 Å². The lowest BCUT2D eigenvalue weighted by Crippen LogP contribution is -2.15. The van der Waals surface area contributed by atoms with Gasteiger partial charge in [-0.25, -0.2) is 0 Å². The van der Waals surface area contributed by atoms with Gasteiger partial charge in [-0.2, -0.15) is 0 Å². The third-order valence-electron chi connectivity index (χ3n) is 6.92. The molecule has 0 atom stereocenters. The van der Waals surface area contributed by atoms with E-state index in [0.717, 1.165) is 17.5 Å². The van der Waals surface area contributed by atoms with Crippen molar-refractivity contribution in [3.8, 4) is 11.3 Å². The summed E-state index contributed by atoms with van der Waals surface area (Å²) in [7, 11) is 0. The molecular weight excluding hydrogens is 350 g/mol. The smallest absolute Gasteiger partial charge is 0.0702 e. The van der Waals surface area contributed by atoms with Crippen LogP contribution in [0.4, 0.5) is 0 Å². The fraction of sp³-hybridized carbons (Fsp3) is 0.607. The Labute approximate surface area is 179 Å². The quantitative estimate of drug-likeness (QED) is 0.350. The summed E-state index contributed by atoms with van der Waals surface area (Å²) in [4.78, 5) is 4.76. The second-order valence-corrected chi connectivity index (χ2v) is 9.27. The number of aromatic nitrogens is 1. The molecule has 1 aliphatic carbocycles. The summed E-state index contributed by atoms with van der Waals surface area (Å²) in [5.41, 5.74) is 5.19. The lowest BCUT2D eigenvalue weighted by Gasteiger charge is -2.28. The third-order valence-corrected chi connectivity index (χ3v) is 6.92. The fourth-order valence-corrected chi connectivity index (χ4v) is 4.84. The number of hydrogen-bond acceptors (Lipinski definition) is 1. The molecule has 0 radical (unpaired) electrons. The average molecular weight is 392 g/mol. The first-order valence-electron chi connectivity index (χ1n) is 12.3. The predicted molar refractivity (Wildman–Crippen MR) is 126 cm³/mol. The highest BCUT2D eigenvalue weighted by atomic mass is 14.7. The summed E-state index contributed by atoms with van der Waals surface area (Å²) in [6, 6.07) is 13.5. The van der Waals surface area contributed by atoms with E-state index in [1.54, 1.807) is 0 Å². The van der Waals surface area contributed by atoms with Gasteiger partial charge in [-0.1, -0.05) is 102 Å². The number of hydrogen-bond donors (Lipinski definition) is 0. The van der Waals surface area contributed by atoms with Crippen LogP contribution in [-0.2, 0) is 12.8 Å². The van der Waals surface area contributed by atoms with Gasteiger partial charge in [-0.3, -0.25) is 4.98 Å². The zero-order chi connectivity index (χ0) is 20.3. The Morgan fingerprint density at radius 3 is 1.97 bits per heavy atom. The van der Waals surface area contributed by atoms with Crippen LogP contribution in [0.5, 0.6) is 0 Å². The van der Waals surface area contributed by atoms with Gasteiger partial charge in [-0.15, -0.1) is 0 Å². The highest BCUT2D eigenvalue weighted by Gasteiger charge is 2.20. The van der Waals surface area contributed by atoms with Crippen molar-refractivity contribution in [1.82, 2.24) is 4.98 Å². The van der Waals surface area contributed by atoms with Crippen molar-refractivity contribution < 1.29 is 0 Å². The lowest BCUT2D eigenvalue weighted by molar-refractivity contribution is 0.250. The van der Waals surface area contributed by atoms with Gasteiger partial charge in [0.15, 0.2) is 0 Å². The van der Waals surface area contributed by atoms with E-state index in [4.69, 9.17) is 4.98 Å². The molecule has 0 spiro atoms. The minimum atomic E-state index is 0.938. The minimum absolute atomic E-state index is 0.938. The Hall–Kier alpha value is -1.63. The lowest BCUT2D eigenvalue weighted by atomic mass is 9.78. The second kappa shape index (κ2) is 12.2. The van der Waals surface area contributed by atoms with Gasteiger partial charge in [0.2, 0.25) is 0 Å². The summed E-state index contributed by atoms with van der Waals surface area (Å²) in [5, 5.41) is 0. The molecule has 0 aliphatic heterocycles. The zero-order valence-electron chi connectivity index (χ0n) is 18.8. The molecule has 1 saturated carbocycles. The van der Waals surface area contributed by atoms with Gasteiger partial charge < -0.3 is 0 Å². The van der Waals surface area contributed by atoms with Gasteiger partial charge in [0, 0.05) is 11.8 Å². The van der Waals surface area contributed by atoms with E-state index < -0.39 is 0 Å². The molecule has 0 N–H and O–H groups in total. The summed E-state index contributed by atoms with van der Waals surface area (Å²) in [6.07, 6.45) is 19.8. The SMILES string of the molecule is CCCCCc1ccc(-c2ccc(CCC3CCC(CCCC)CC3)cn2)cc1. The van der Waals surface area contributed by atoms with Crippen molar-refractivity contribution in [3.63, 3.8) is 0 Å². The van der Waals surface area contributed by atoms with Crippen molar-refractivity contribution in [2.75, 3.05) is 0 Å². The number of nitrogens with zero attached hydrogens (tertiary/aromatic N) is 1. The number of rotatable bonds is 11. The molecule has 0 unspecified atom stereocenters.